The molecule has 6 heterocycles. The molecule has 6 saturated heterocycles. The van der Waals surface area contributed by atoms with E-state index >= 15 is 0 Å². The smallest absolute Gasteiger partial charge is 0.186 e. The summed E-state index contributed by atoms with van der Waals surface area (Å²) in [4.78, 5) is 0. The summed E-state index contributed by atoms with van der Waals surface area (Å²) in [5.74, 6) is 0. The van der Waals surface area contributed by atoms with E-state index in [-0.39, 0.29) is 26.4 Å². The van der Waals surface area contributed by atoms with Gasteiger partial charge in [-0.25, -0.2) is 0 Å². The predicted molar refractivity (Wildman–Crippen MR) is 207 cm³/mol. The first-order chi connectivity index (χ1) is 31.9. The van der Waals surface area contributed by atoms with Crippen LogP contribution in [0.2, 0.25) is 0 Å². The molecule has 0 amide bonds. The number of hydrogen-bond acceptors (Lipinski definition) is 32. The monoisotopic (exact) mass is 1010 g/mol. The van der Waals surface area contributed by atoms with Gasteiger partial charge in [0.1, 0.15) is 146 Å². The molecule has 68 heavy (non-hydrogen) atoms. The minimum absolute atomic E-state index is 0.352. The van der Waals surface area contributed by atoms with Crippen LogP contribution in [0.4, 0.5) is 0 Å². The van der Waals surface area contributed by atoms with Gasteiger partial charge < -0.3 is 160 Å². The quantitative estimate of drug-likeness (QED) is 0.0863. The first-order valence-corrected chi connectivity index (χ1v) is 21.0. The summed E-state index contributed by atoms with van der Waals surface area (Å²) in [6.45, 7) is -3.60. The summed E-state index contributed by atoms with van der Waals surface area (Å²) in [6, 6.07) is 0. The molecule has 0 bridgehead atoms. The molecule has 404 valence electrons. The van der Waals surface area contributed by atoms with Crippen molar-refractivity contribution in [1.29, 1.82) is 0 Å². The van der Waals surface area contributed by atoms with Gasteiger partial charge in [-0.1, -0.05) is 0 Å². The lowest BCUT2D eigenvalue weighted by Gasteiger charge is -2.41. The van der Waals surface area contributed by atoms with Crippen LogP contribution in [0.1, 0.15) is 0 Å². The summed E-state index contributed by atoms with van der Waals surface area (Å²) < 4.78 is 40.0. The van der Waals surface area contributed by atoms with E-state index < -0.39 is 198 Å². The van der Waals surface area contributed by atoms with Gasteiger partial charge in [0.05, 0.1) is 52.9 Å². The topological polar surface area (TPSA) is 559 Å². The van der Waals surface area contributed by atoms with Gasteiger partial charge in [0.15, 0.2) is 25.2 Å². The van der Waals surface area contributed by atoms with Gasteiger partial charge in [-0.3, -0.25) is 0 Å². The van der Waals surface area contributed by atoms with Crippen LogP contribution in [0.25, 0.3) is 0 Å². The molecule has 0 aromatic carbocycles. The van der Waals surface area contributed by atoms with Crippen molar-refractivity contribution in [3.05, 3.63) is 0 Å². The lowest BCUT2D eigenvalue weighted by atomic mass is 9.98. The van der Waals surface area contributed by atoms with Crippen LogP contribution in [-0.2, 0) is 37.9 Å². The van der Waals surface area contributed by atoms with Gasteiger partial charge >= 0.3 is 0 Å². The first kappa shape index (κ1) is 61.0. The Morgan fingerprint density at radius 2 is 0.426 bits per heavy atom. The highest BCUT2D eigenvalue weighted by Crippen LogP contribution is 2.27. The minimum Gasteiger partial charge on any atom is -0.394 e. The maximum absolute atomic E-state index is 9.78. The van der Waals surface area contributed by atoms with Gasteiger partial charge in [-0.15, -0.1) is 0 Å². The molecule has 6 aliphatic heterocycles. The molecule has 6 aliphatic rings. The van der Waals surface area contributed by atoms with Crippen molar-refractivity contribution in [3.63, 3.8) is 0 Å². The zero-order valence-corrected chi connectivity index (χ0v) is 35.8. The molecule has 0 aliphatic carbocycles. The number of ether oxygens (including phenoxy) is 8. The van der Waals surface area contributed by atoms with Gasteiger partial charge in [0, 0.05) is 0 Å². The highest BCUT2D eigenvalue weighted by Gasteiger charge is 2.49. The maximum Gasteiger partial charge on any atom is 0.186 e. The van der Waals surface area contributed by atoms with Crippen LogP contribution in [-0.4, -0.2) is 347 Å². The Bertz CT molecular complexity index is 1260. The third kappa shape index (κ3) is 14.9. The highest BCUT2D eigenvalue weighted by molar-refractivity contribution is 4.94. The molecule has 0 aromatic heterocycles. The minimum atomic E-state index is -1.74. The van der Waals surface area contributed by atoms with Crippen molar-refractivity contribution in [2.45, 2.75) is 172 Å². The zero-order valence-electron chi connectivity index (χ0n) is 35.8. The fourth-order valence-electron chi connectivity index (χ4n) is 7.18. The Hall–Kier alpha value is -1.28. The summed E-state index contributed by atoms with van der Waals surface area (Å²) >= 11 is 0. The lowest BCUT2D eigenvalue weighted by Crippen LogP contribution is -2.61. The van der Waals surface area contributed by atoms with Crippen molar-refractivity contribution >= 4 is 0 Å². The van der Waals surface area contributed by atoms with Crippen LogP contribution in [0.3, 0.4) is 0 Å². The Kier molecular flexibility index (Phi) is 25.3. The molecular formula is C36H68O32. The number of rotatable bonds is 12. The van der Waals surface area contributed by atoms with Crippen molar-refractivity contribution in [2.75, 3.05) is 52.9 Å². The van der Waals surface area contributed by atoms with Crippen LogP contribution in [0, 0.1) is 0 Å². The van der Waals surface area contributed by atoms with Crippen LogP contribution >= 0.6 is 0 Å². The van der Waals surface area contributed by atoms with E-state index in [2.05, 4.69) is 0 Å². The SMILES string of the molecule is OCC1OC(OC[C@H]2O[C@H](O)[C@H](O)[C@@H](O)C2O)[C@H](O)[C@@H](O)[C@H]1O.OCC1OC(OC[C@H]2O[C@H](O)[C@H](O)[C@@H](O)C2O)[C@H](O)[C@@H](O)[C@H]1O.OCC1O[C@H](CO)[C@@H](O)[C@@H]1O.OCC1O[C@H](CO)[C@@H](O)[C@@H]1O. The molecule has 6 fully saturated rings. The van der Waals surface area contributed by atoms with Crippen molar-refractivity contribution < 1.29 is 160 Å². The van der Waals surface area contributed by atoms with Crippen LogP contribution in [0.5, 0.6) is 0 Å². The molecule has 32 nitrogen and oxygen atoms in total. The lowest BCUT2D eigenvalue weighted by molar-refractivity contribution is -0.325. The maximum atomic E-state index is 9.78. The molecule has 0 aromatic rings. The van der Waals surface area contributed by atoms with Crippen molar-refractivity contribution in [1.82, 2.24) is 0 Å². The first-order valence-electron chi connectivity index (χ1n) is 21.0. The summed E-state index contributed by atoms with van der Waals surface area (Å²) in [5.41, 5.74) is 0. The molecule has 28 atom stereocenters. The second-order valence-electron chi connectivity index (χ2n) is 16.3. The Balaban J connectivity index is 0.000000254. The van der Waals surface area contributed by atoms with Crippen LogP contribution < -0.4 is 0 Å². The predicted octanol–water partition coefficient (Wildman–Crippen LogP) is -15.9. The van der Waals surface area contributed by atoms with E-state index in [1.54, 1.807) is 0 Å². The molecule has 0 spiro atoms. The zero-order chi connectivity index (χ0) is 51.5. The van der Waals surface area contributed by atoms with Crippen LogP contribution in [0.15, 0.2) is 0 Å². The molecular weight excluding hydrogens is 944 g/mol. The molecule has 0 saturated carbocycles. The number of aliphatic hydroxyl groups excluding tert-OH is 24. The molecule has 24 N–H and O–H groups in total. The highest BCUT2D eigenvalue weighted by atomic mass is 16.7. The van der Waals surface area contributed by atoms with Crippen molar-refractivity contribution in [3.8, 4) is 0 Å². The summed E-state index contributed by atoms with van der Waals surface area (Å²) in [5, 5.41) is 223. The summed E-state index contributed by atoms with van der Waals surface area (Å²) in [6.07, 6.45) is -38.1. The van der Waals surface area contributed by atoms with E-state index in [1.165, 1.54) is 0 Å². The second-order valence-corrected chi connectivity index (χ2v) is 16.3. The van der Waals surface area contributed by atoms with Gasteiger partial charge in [-0.05, 0) is 0 Å². The summed E-state index contributed by atoms with van der Waals surface area (Å²) in [7, 11) is 0. The Morgan fingerprint density at radius 3 is 0.662 bits per heavy atom. The Morgan fingerprint density at radius 1 is 0.221 bits per heavy atom. The molecule has 32 heteroatoms. The average molecular weight is 1010 g/mol. The van der Waals surface area contributed by atoms with E-state index in [9.17, 15) is 71.5 Å². The van der Waals surface area contributed by atoms with Gasteiger partial charge in [0.25, 0.3) is 0 Å². The van der Waals surface area contributed by atoms with E-state index in [0.29, 0.717) is 0 Å². The van der Waals surface area contributed by atoms with E-state index in [0.717, 1.165) is 0 Å². The largest absolute Gasteiger partial charge is 0.394 e. The van der Waals surface area contributed by atoms with Gasteiger partial charge in [0.2, 0.25) is 0 Å². The average Bonchev–Trinajstić information content (AvgIpc) is 3.79. The second kappa shape index (κ2) is 28.2. The van der Waals surface area contributed by atoms with Gasteiger partial charge in [-0.2, -0.15) is 0 Å². The third-order valence-electron chi connectivity index (χ3n) is 11.6. The Labute approximate surface area is 384 Å². The fraction of sp³-hybridized carbons (Fsp3) is 1.00. The van der Waals surface area contributed by atoms with Crippen molar-refractivity contribution in [2.24, 2.45) is 0 Å². The normalized spacial score (nSPS) is 49.4. The molecule has 6 rings (SSSR count). The third-order valence-corrected chi connectivity index (χ3v) is 11.6. The molecule has 8 unspecified atom stereocenters. The fourth-order valence-corrected chi connectivity index (χ4v) is 7.18. The number of aliphatic hydroxyl groups is 24. The standard InChI is InChI=1S/2C12H22O11.2C6H12O5/c2*13-1-3-5(14)8(17)10(19)12(23-3)21-2-4-6(15)7(16)9(18)11(20)22-4;2*7-1-3-5(9)6(10)4(2-8)11-3/h2*3-20H,1-2H2;2*3-10H,1-2H2/t2*3?,4-,5+,6?,7+,8+,9-,10-,11+,12?;2*3-,4?,5-,6-/m1111/s1. The van der Waals surface area contributed by atoms with E-state index in [4.69, 9.17) is 89.0 Å². The number of hydrogen-bond donors (Lipinski definition) is 24. The molecule has 0 radical (unpaired) electrons. The van der Waals surface area contributed by atoms with E-state index in [1.807, 2.05) is 0 Å².